The first-order valence-electron chi connectivity index (χ1n) is 9.56. The van der Waals surface area contributed by atoms with Crippen molar-refractivity contribution in [3.05, 3.63) is 71.8 Å². The summed E-state index contributed by atoms with van der Waals surface area (Å²) in [6.45, 7) is 1.48. The molecule has 0 unspecified atom stereocenters. The van der Waals surface area contributed by atoms with Crippen molar-refractivity contribution in [3.8, 4) is 17.6 Å². The molecular weight excluding hydrogens is 382 g/mol. The number of nitrogens with one attached hydrogen (secondary N) is 1. The van der Waals surface area contributed by atoms with Crippen LogP contribution in [0.4, 0.5) is 0 Å². The molecule has 8 heteroatoms. The van der Waals surface area contributed by atoms with Gasteiger partial charge in [0.2, 0.25) is 5.91 Å². The molecule has 3 rings (SSSR count). The molecule has 154 valence electrons. The van der Waals surface area contributed by atoms with Gasteiger partial charge in [-0.25, -0.2) is 9.67 Å². The maximum atomic E-state index is 12.1. The summed E-state index contributed by atoms with van der Waals surface area (Å²) >= 11 is 0. The van der Waals surface area contributed by atoms with Crippen molar-refractivity contribution in [3.63, 3.8) is 0 Å². The number of hydrogen-bond acceptors (Lipinski definition) is 6. The van der Waals surface area contributed by atoms with E-state index in [1.165, 1.54) is 13.4 Å². The van der Waals surface area contributed by atoms with Crippen molar-refractivity contribution in [2.75, 3.05) is 13.7 Å². The van der Waals surface area contributed by atoms with Crippen LogP contribution in [0.5, 0.6) is 11.5 Å². The van der Waals surface area contributed by atoms with Gasteiger partial charge in [0, 0.05) is 19.0 Å². The largest absolute Gasteiger partial charge is 0.493 e. The van der Waals surface area contributed by atoms with Gasteiger partial charge in [0.15, 0.2) is 11.5 Å². The molecule has 0 fully saturated rings. The SMILES string of the molecule is COc1cc(C#N)ccc1OCCCC(=O)NCc1cccc(Cn2cncn2)c1. The molecule has 3 aromatic rings. The van der Waals surface area contributed by atoms with E-state index in [1.807, 2.05) is 24.3 Å². The van der Waals surface area contributed by atoms with Gasteiger partial charge in [0.25, 0.3) is 0 Å². The molecule has 0 aliphatic carbocycles. The number of carbonyl (C=O) groups is 1. The molecule has 0 spiro atoms. The van der Waals surface area contributed by atoms with Crippen LogP contribution in [0.3, 0.4) is 0 Å². The maximum Gasteiger partial charge on any atom is 0.220 e. The van der Waals surface area contributed by atoms with Gasteiger partial charge in [0.05, 0.1) is 31.9 Å². The number of methoxy groups -OCH3 is 1. The lowest BCUT2D eigenvalue weighted by Crippen LogP contribution is -2.23. The van der Waals surface area contributed by atoms with Crippen molar-refractivity contribution in [2.45, 2.75) is 25.9 Å². The minimum atomic E-state index is -0.0351. The lowest BCUT2D eigenvalue weighted by molar-refractivity contribution is -0.121. The van der Waals surface area contributed by atoms with Gasteiger partial charge in [0.1, 0.15) is 12.7 Å². The van der Waals surface area contributed by atoms with Gasteiger partial charge >= 0.3 is 0 Å². The summed E-state index contributed by atoms with van der Waals surface area (Å²) in [6.07, 6.45) is 4.10. The second kappa shape index (κ2) is 10.6. The third-order valence-corrected chi connectivity index (χ3v) is 4.39. The van der Waals surface area contributed by atoms with Gasteiger partial charge in [-0.05, 0) is 29.7 Å². The molecule has 8 nitrogen and oxygen atoms in total. The van der Waals surface area contributed by atoms with Crippen LogP contribution in [-0.4, -0.2) is 34.4 Å². The van der Waals surface area contributed by atoms with Crippen LogP contribution >= 0.6 is 0 Å². The molecule has 1 aromatic heterocycles. The fourth-order valence-electron chi connectivity index (χ4n) is 2.90. The predicted molar refractivity (Wildman–Crippen MR) is 110 cm³/mol. The van der Waals surface area contributed by atoms with Gasteiger partial charge in [-0.1, -0.05) is 24.3 Å². The van der Waals surface area contributed by atoms with Crippen LogP contribution < -0.4 is 14.8 Å². The Labute approximate surface area is 175 Å². The van der Waals surface area contributed by atoms with E-state index in [4.69, 9.17) is 14.7 Å². The topological polar surface area (TPSA) is 102 Å². The number of aromatic nitrogens is 3. The van der Waals surface area contributed by atoms with Crippen molar-refractivity contribution in [1.29, 1.82) is 5.26 Å². The summed E-state index contributed by atoms with van der Waals surface area (Å²) in [6, 6.07) is 15.0. The van der Waals surface area contributed by atoms with Gasteiger partial charge < -0.3 is 14.8 Å². The smallest absolute Gasteiger partial charge is 0.220 e. The summed E-state index contributed by atoms with van der Waals surface area (Å²) in [5, 5.41) is 16.0. The van der Waals surface area contributed by atoms with Gasteiger partial charge in [-0.2, -0.15) is 10.4 Å². The zero-order valence-corrected chi connectivity index (χ0v) is 16.7. The molecule has 0 atom stereocenters. The van der Waals surface area contributed by atoms with Crippen LogP contribution in [0.25, 0.3) is 0 Å². The quantitative estimate of drug-likeness (QED) is 0.520. The van der Waals surface area contributed by atoms with Gasteiger partial charge in [-0.3, -0.25) is 4.79 Å². The molecule has 0 aliphatic heterocycles. The fourth-order valence-corrected chi connectivity index (χ4v) is 2.90. The van der Waals surface area contributed by atoms with Crippen molar-refractivity contribution >= 4 is 5.91 Å². The average Bonchev–Trinajstić information content (AvgIpc) is 3.28. The molecular formula is C22H23N5O3. The summed E-state index contributed by atoms with van der Waals surface area (Å²) in [5.41, 5.74) is 2.63. The second-order valence-corrected chi connectivity index (χ2v) is 6.62. The van der Waals surface area contributed by atoms with Crippen LogP contribution in [0.1, 0.15) is 29.5 Å². The van der Waals surface area contributed by atoms with E-state index in [-0.39, 0.29) is 5.91 Å². The fraction of sp³-hybridized carbons (Fsp3) is 0.273. The summed E-state index contributed by atoms with van der Waals surface area (Å²) in [5.74, 6) is 1.03. The number of nitrogens with zero attached hydrogens (tertiary/aromatic N) is 4. The van der Waals surface area contributed by atoms with E-state index in [1.54, 1.807) is 29.2 Å². The zero-order chi connectivity index (χ0) is 21.2. The first-order chi connectivity index (χ1) is 14.7. The van der Waals surface area contributed by atoms with E-state index < -0.39 is 0 Å². The predicted octanol–water partition coefficient (Wildman–Crippen LogP) is 2.68. The molecule has 0 radical (unpaired) electrons. The Hall–Kier alpha value is -3.86. The number of rotatable bonds is 10. The van der Waals surface area contributed by atoms with Crippen molar-refractivity contribution < 1.29 is 14.3 Å². The van der Waals surface area contributed by atoms with Crippen LogP contribution in [0.15, 0.2) is 55.1 Å². The zero-order valence-electron chi connectivity index (χ0n) is 16.7. The monoisotopic (exact) mass is 405 g/mol. The standard InChI is InChI=1S/C22H23N5O3/c1-29-21-11-17(12-23)7-8-20(21)30-9-3-6-22(28)25-13-18-4-2-5-19(10-18)14-27-16-24-15-26-27/h2,4-5,7-8,10-11,15-16H,3,6,9,13-14H2,1H3,(H,25,28). The Bertz CT molecular complexity index is 1010. The number of nitriles is 1. The number of amides is 1. The highest BCUT2D eigenvalue weighted by Crippen LogP contribution is 2.27. The van der Waals surface area contributed by atoms with Crippen molar-refractivity contribution in [2.24, 2.45) is 0 Å². The second-order valence-electron chi connectivity index (χ2n) is 6.62. The lowest BCUT2D eigenvalue weighted by Gasteiger charge is -2.11. The number of hydrogen-bond donors (Lipinski definition) is 1. The van der Waals surface area contributed by atoms with Crippen molar-refractivity contribution in [1.82, 2.24) is 20.1 Å². The van der Waals surface area contributed by atoms with E-state index in [0.29, 0.717) is 49.6 Å². The Morgan fingerprint density at radius 1 is 1.20 bits per heavy atom. The summed E-state index contributed by atoms with van der Waals surface area (Å²) < 4.78 is 12.7. The molecule has 30 heavy (non-hydrogen) atoms. The van der Waals surface area contributed by atoms with E-state index in [2.05, 4.69) is 21.5 Å². The lowest BCUT2D eigenvalue weighted by atomic mass is 10.1. The number of benzene rings is 2. The van der Waals surface area contributed by atoms with Gasteiger partial charge in [-0.15, -0.1) is 0 Å². The average molecular weight is 405 g/mol. The highest BCUT2D eigenvalue weighted by atomic mass is 16.5. The van der Waals surface area contributed by atoms with Crippen LogP contribution in [0.2, 0.25) is 0 Å². The molecule has 1 amide bonds. The van der Waals surface area contributed by atoms with Crippen LogP contribution in [-0.2, 0) is 17.9 Å². The summed E-state index contributed by atoms with van der Waals surface area (Å²) in [7, 11) is 1.53. The minimum Gasteiger partial charge on any atom is -0.493 e. The maximum absolute atomic E-state index is 12.1. The Morgan fingerprint density at radius 2 is 2.07 bits per heavy atom. The number of ether oxygens (including phenoxy) is 2. The summed E-state index contributed by atoms with van der Waals surface area (Å²) in [4.78, 5) is 16.1. The normalized spacial score (nSPS) is 10.3. The van der Waals surface area contributed by atoms with E-state index >= 15 is 0 Å². The number of carbonyl (C=O) groups excluding carboxylic acids is 1. The first kappa shape index (κ1) is 20.9. The highest BCUT2D eigenvalue weighted by molar-refractivity contribution is 5.75. The molecule has 0 aliphatic rings. The Kier molecular flexibility index (Phi) is 7.39. The third-order valence-electron chi connectivity index (χ3n) is 4.39. The Balaban J connectivity index is 1.40. The first-order valence-corrected chi connectivity index (χ1v) is 9.56. The molecule has 0 saturated heterocycles. The molecule has 2 aromatic carbocycles. The Morgan fingerprint density at radius 3 is 2.83 bits per heavy atom. The van der Waals surface area contributed by atoms with Crippen LogP contribution in [0, 0.1) is 11.3 Å². The highest BCUT2D eigenvalue weighted by Gasteiger charge is 2.07. The van der Waals surface area contributed by atoms with E-state index in [9.17, 15) is 4.79 Å². The van der Waals surface area contributed by atoms with E-state index in [0.717, 1.165) is 11.1 Å². The third kappa shape index (κ3) is 6.07. The minimum absolute atomic E-state index is 0.0351. The molecule has 1 heterocycles. The molecule has 1 N–H and O–H groups in total. The molecule has 0 bridgehead atoms. The molecule has 0 saturated carbocycles.